The molecule has 2 heterocycles. The van der Waals surface area contributed by atoms with Crippen LogP contribution in [-0.4, -0.2) is 53.3 Å². The largest absolute Gasteiger partial charge is 0.497 e. The lowest BCUT2D eigenvalue weighted by Gasteiger charge is -2.48. The second-order valence-electron chi connectivity index (χ2n) is 7.35. The Balaban J connectivity index is 0.000000370. The van der Waals surface area contributed by atoms with Crippen molar-refractivity contribution in [2.75, 3.05) is 13.7 Å². The number of likely N-dealkylation sites (tertiary alicyclic amines) is 1. The highest BCUT2D eigenvalue weighted by Gasteiger charge is 2.47. The number of carbonyl (C=O) groups excluding carboxylic acids is 1. The molecule has 2 N–H and O–H groups in total. The van der Waals surface area contributed by atoms with Gasteiger partial charge >= 0.3 is 12.1 Å². The molecule has 29 heavy (non-hydrogen) atoms. The molecule has 2 atom stereocenters. The van der Waals surface area contributed by atoms with Crippen LogP contribution in [0.15, 0.2) is 24.3 Å². The van der Waals surface area contributed by atoms with E-state index in [1.807, 2.05) is 12.1 Å². The van der Waals surface area contributed by atoms with Crippen LogP contribution in [0.1, 0.15) is 44.6 Å². The fourth-order valence-corrected chi connectivity index (χ4v) is 4.25. The fraction of sp³-hybridized carbons (Fsp3) is 0.600. The molecule has 3 rings (SSSR count). The van der Waals surface area contributed by atoms with Crippen molar-refractivity contribution in [2.24, 2.45) is 0 Å². The first-order chi connectivity index (χ1) is 13.6. The first kappa shape index (κ1) is 23.0. The van der Waals surface area contributed by atoms with Crippen LogP contribution in [0.4, 0.5) is 13.2 Å². The van der Waals surface area contributed by atoms with Gasteiger partial charge in [0.1, 0.15) is 5.75 Å². The first-order valence-electron chi connectivity index (χ1n) is 9.59. The number of hydrogen-bond acceptors (Lipinski definition) is 4. The molecule has 0 unspecified atom stereocenters. The van der Waals surface area contributed by atoms with Crippen molar-refractivity contribution >= 4 is 11.9 Å². The lowest BCUT2D eigenvalue weighted by Crippen LogP contribution is -2.61. The van der Waals surface area contributed by atoms with Crippen molar-refractivity contribution in [1.29, 1.82) is 0 Å². The SMILES string of the molecule is CC[C@@H]1N(Cc2ccc(OC)cc2)CCC[C@]12CCC(=O)N2.O=C(O)C(F)(F)F. The summed E-state index contributed by atoms with van der Waals surface area (Å²) in [5.41, 5.74) is 1.32. The quantitative estimate of drug-likeness (QED) is 0.787. The number of aliphatic carboxylic acids is 1. The predicted octanol–water partition coefficient (Wildman–Crippen LogP) is 3.35. The minimum atomic E-state index is -5.08. The number of methoxy groups -OCH3 is 1. The van der Waals surface area contributed by atoms with E-state index >= 15 is 0 Å². The number of carboxylic acids is 1. The molecule has 0 bridgehead atoms. The third kappa shape index (κ3) is 5.85. The van der Waals surface area contributed by atoms with Gasteiger partial charge in [-0.25, -0.2) is 4.79 Å². The van der Waals surface area contributed by atoms with Gasteiger partial charge in [0.25, 0.3) is 0 Å². The van der Waals surface area contributed by atoms with E-state index in [1.54, 1.807) is 7.11 Å². The Morgan fingerprint density at radius 2 is 1.93 bits per heavy atom. The van der Waals surface area contributed by atoms with Gasteiger partial charge in [-0.1, -0.05) is 19.1 Å². The number of carbonyl (C=O) groups is 2. The summed E-state index contributed by atoms with van der Waals surface area (Å²) in [7, 11) is 1.69. The minimum absolute atomic E-state index is 0.0105. The standard InChI is InChI=1S/C18H26N2O2.C2HF3O2/c1-3-16-18(11-9-17(21)19-18)10-4-12-20(16)13-14-5-7-15(22-2)8-6-14;3-2(4,5)1(6)7/h5-8,16H,3-4,9-13H2,1-2H3,(H,19,21);(H,6,7)/t16-,18-;/m0./s1. The average Bonchev–Trinajstić information content (AvgIpc) is 3.03. The number of halogens is 3. The summed E-state index contributed by atoms with van der Waals surface area (Å²) in [6.45, 7) is 4.30. The number of piperidine rings is 1. The summed E-state index contributed by atoms with van der Waals surface area (Å²) in [6.07, 6.45) is -0.0456. The Labute approximate surface area is 168 Å². The molecule has 0 aliphatic carbocycles. The molecule has 6 nitrogen and oxygen atoms in total. The molecule has 1 aromatic carbocycles. The number of nitrogens with zero attached hydrogens (tertiary/aromatic N) is 1. The minimum Gasteiger partial charge on any atom is -0.497 e. The van der Waals surface area contributed by atoms with Gasteiger partial charge in [0, 0.05) is 19.0 Å². The lowest BCUT2D eigenvalue weighted by atomic mass is 9.78. The Kier molecular flexibility index (Phi) is 7.51. The maximum absolute atomic E-state index is 11.8. The van der Waals surface area contributed by atoms with E-state index in [9.17, 15) is 18.0 Å². The zero-order valence-electron chi connectivity index (χ0n) is 16.6. The number of benzene rings is 1. The Hall–Kier alpha value is -2.29. The summed E-state index contributed by atoms with van der Waals surface area (Å²) in [5, 5.41) is 10.4. The first-order valence-corrected chi connectivity index (χ1v) is 9.59. The van der Waals surface area contributed by atoms with Crippen LogP contribution in [0.2, 0.25) is 0 Å². The molecule has 2 aliphatic heterocycles. The number of amides is 1. The topological polar surface area (TPSA) is 78.9 Å². The summed E-state index contributed by atoms with van der Waals surface area (Å²) in [5.74, 6) is -1.63. The van der Waals surface area contributed by atoms with Gasteiger partial charge in [0.15, 0.2) is 0 Å². The van der Waals surface area contributed by atoms with Gasteiger partial charge in [-0.3, -0.25) is 9.69 Å². The summed E-state index contributed by atoms with van der Waals surface area (Å²) in [4.78, 5) is 23.2. The third-order valence-corrected chi connectivity index (χ3v) is 5.51. The molecule has 1 spiro atoms. The average molecular weight is 416 g/mol. The van der Waals surface area contributed by atoms with Crippen LogP contribution in [-0.2, 0) is 16.1 Å². The van der Waals surface area contributed by atoms with Gasteiger partial charge in [-0.15, -0.1) is 0 Å². The van der Waals surface area contributed by atoms with Gasteiger partial charge in [-0.2, -0.15) is 13.2 Å². The second-order valence-corrected chi connectivity index (χ2v) is 7.35. The van der Waals surface area contributed by atoms with E-state index in [2.05, 4.69) is 29.3 Å². The van der Waals surface area contributed by atoms with E-state index in [0.717, 1.165) is 44.5 Å². The summed E-state index contributed by atoms with van der Waals surface area (Å²) >= 11 is 0. The molecule has 1 amide bonds. The molecule has 2 fully saturated rings. The normalized spacial score (nSPS) is 24.6. The molecule has 0 aromatic heterocycles. The Morgan fingerprint density at radius 1 is 1.31 bits per heavy atom. The molecule has 9 heteroatoms. The van der Waals surface area contributed by atoms with Crippen molar-refractivity contribution in [3.05, 3.63) is 29.8 Å². The number of hydrogen-bond donors (Lipinski definition) is 2. The van der Waals surface area contributed by atoms with Gasteiger partial charge in [0.05, 0.1) is 12.6 Å². The molecular formula is C20H27F3N2O4. The van der Waals surface area contributed by atoms with E-state index in [4.69, 9.17) is 14.6 Å². The van der Waals surface area contributed by atoms with Crippen molar-refractivity contribution in [2.45, 2.75) is 63.3 Å². The Morgan fingerprint density at radius 3 is 2.38 bits per heavy atom. The van der Waals surface area contributed by atoms with Crippen LogP contribution in [0.5, 0.6) is 5.75 Å². The summed E-state index contributed by atoms with van der Waals surface area (Å²) < 4.78 is 37.0. The third-order valence-electron chi connectivity index (χ3n) is 5.51. The van der Waals surface area contributed by atoms with Crippen LogP contribution >= 0.6 is 0 Å². The van der Waals surface area contributed by atoms with Crippen LogP contribution in [0.25, 0.3) is 0 Å². The van der Waals surface area contributed by atoms with Crippen LogP contribution < -0.4 is 10.1 Å². The number of ether oxygens (including phenoxy) is 1. The van der Waals surface area contributed by atoms with Crippen molar-refractivity contribution in [3.8, 4) is 5.75 Å². The fourth-order valence-electron chi connectivity index (χ4n) is 4.25. The van der Waals surface area contributed by atoms with Crippen molar-refractivity contribution < 1.29 is 32.6 Å². The van der Waals surface area contributed by atoms with Crippen molar-refractivity contribution in [3.63, 3.8) is 0 Å². The highest BCUT2D eigenvalue weighted by molar-refractivity contribution is 5.79. The summed E-state index contributed by atoms with van der Waals surface area (Å²) in [6, 6.07) is 8.76. The zero-order chi connectivity index (χ0) is 21.7. The number of carboxylic acid groups (broad SMARTS) is 1. The van der Waals surface area contributed by atoms with Gasteiger partial charge in [-0.05, 0) is 49.9 Å². The van der Waals surface area contributed by atoms with Crippen LogP contribution in [0, 0.1) is 0 Å². The second kappa shape index (κ2) is 9.47. The van der Waals surface area contributed by atoms with Gasteiger partial charge < -0.3 is 15.2 Å². The monoisotopic (exact) mass is 416 g/mol. The highest BCUT2D eigenvalue weighted by Crippen LogP contribution is 2.37. The predicted molar refractivity (Wildman–Crippen MR) is 101 cm³/mol. The molecule has 0 saturated carbocycles. The Bertz CT molecular complexity index is 709. The number of alkyl halides is 3. The van der Waals surface area contributed by atoms with Crippen molar-refractivity contribution in [1.82, 2.24) is 10.2 Å². The molecule has 2 saturated heterocycles. The molecule has 162 valence electrons. The number of rotatable bonds is 4. The molecule has 2 aliphatic rings. The molecular weight excluding hydrogens is 389 g/mol. The highest BCUT2D eigenvalue weighted by atomic mass is 19.4. The zero-order valence-corrected chi connectivity index (χ0v) is 16.6. The molecule has 0 radical (unpaired) electrons. The maximum Gasteiger partial charge on any atom is 0.490 e. The van der Waals surface area contributed by atoms with Gasteiger partial charge in [0.2, 0.25) is 5.91 Å². The lowest BCUT2D eigenvalue weighted by molar-refractivity contribution is -0.192. The van der Waals surface area contributed by atoms with E-state index in [-0.39, 0.29) is 11.4 Å². The maximum atomic E-state index is 11.8. The number of nitrogens with one attached hydrogen (secondary N) is 1. The van der Waals surface area contributed by atoms with E-state index < -0.39 is 12.1 Å². The van der Waals surface area contributed by atoms with E-state index in [0.29, 0.717) is 12.5 Å². The molecule has 1 aromatic rings. The van der Waals surface area contributed by atoms with Crippen LogP contribution in [0.3, 0.4) is 0 Å². The van der Waals surface area contributed by atoms with E-state index in [1.165, 1.54) is 5.56 Å². The smallest absolute Gasteiger partial charge is 0.490 e.